The minimum atomic E-state index is -4.50. The molecule has 0 radical (unpaired) electrons. The van der Waals surface area contributed by atoms with Crippen molar-refractivity contribution in [1.82, 2.24) is 14.8 Å². The van der Waals surface area contributed by atoms with Crippen LogP contribution in [-0.4, -0.2) is 20.7 Å². The number of fused-ring (bicyclic) bond motifs is 1. The third-order valence-electron chi connectivity index (χ3n) is 5.41. The molecule has 3 aromatic rings. The summed E-state index contributed by atoms with van der Waals surface area (Å²) < 4.78 is 40.8. The molecule has 1 aliphatic rings. The Morgan fingerprint density at radius 2 is 1.88 bits per heavy atom. The molecule has 2 aromatic carbocycles. The van der Waals surface area contributed by atoms with E-state index in [2.05, 4.69) is 34.6 Å². The van der Waals surface area contributed by atoms with Gasteiger partial charge in [-0.25, -0.2) is 4.68 Å². The van der Waals surface area contributed by atoms with Crippen molar-refractivity contribution in [2.75, 3.05) is 10.6 Å². The quantitative estimate of drug-likeness (QED) is 0.573. The van der Waals surface area contributed by atoms with Crippen molar-refractivity contribution in [1.29, 1.82) is 0 Å². The summed E-state index contributed by atoms with van der Waals surface area (Å²) in [5.74, 6) is 0.310. The van der Waals surface area contributed by atoms with E-state index in [0.29, 0.717) is 23.1 Å². The average Bonchev–Trinajstić information content (AvgIpc) is 3.20. The third kappa shape index (κ3) is 4.10. The smallest absolute Gasteiger partial charge is 0.328 e. The highest BCUT2D eigenvalue weighted by atomic mass is 19.4. The first-order valence-corrected chi connectivity index (χ1v) is 10.1. The van der Waals surface area contributed by atoms with Crippen molar-refractivity contribution >= 4 is 17.5 Å². The molecule has 2 N–H and O–H groups in total. The van der Waals surface area contributed by atoms with Crippen molar-refractivity contribution in [2.24, 2.45) is 0 Å². The van der Waals surface area contributed by atoms with E-state index in [4.69, 9.17) is 0 Å². The molecule has 2 heterocycles. The number of alkyl halides is 3. The number of nitrogens with zero attached hydrogens (tertiary/aromatic N) is 3. The fourth-order valence-electron chi connectivity index (χ4n) is 3.73. The van der Waals surface area contributed by atoms with Crippen molar-refractivity contribution in [3.8, 4) is 0 Å². The first kappa shape index (κ1) is 21.6. The third-order valence-corrected chi connectivity index (χ3v) is 5.41. The zero-order chi connectivity index (χ0) is 23.0. The molecule has 1 aromatic heterocycles. The zero-order valence-corrected chi connectivity index (χ0v) is 17.7. The van der Waals surface area contributed by atoms with Gasteiger partial charge in [0.25, 0.3) is 5.91 Å². The number of benzene rings is 2. The molecule has 1 aliphatic heterocycles. The number of hydrogen-bond donors (Lipinski definition) is 2. The molecule has 1 atom stereocenters. The summed E-state index contributed by atoms with van der Waals surface area (Å²) in [7, 11) is 0. The second kappa shape index (κ2) is 8.14. The van der Waals surface area contributed by atoms with Gasteiger partial charge in [0.05, 0.1) is 11.1 Å². The zero-order valence-electron chi connectivity index (χ0n) is 17.7. The molecule has 0 fully saturated rings. The van der Waals surface area contributed by atoms with E-state index >= 15 is 0 Å². The van der Waals surface area contributed by atoms with Gasteiger partial charge in [-0.1, -0.05) is 44.2 Å². The number of halogens is 3. The van der Waals surface area contributed by atoms with E-state index in [1.807, 2.05) is 24.3 Å². The van der Waals surface area contributed by atoms with Crippen LogP contribution < -0.4 is 10.6 Å². The Labute approximate surface area is 183 Å². The normalized spacial score (nSPS) is 16.0. The van der Waals surface area contributed by atoms with Crippen LogP contribution in [0.4, 0.5) is 24.8 Å². The molecule has 0 spiro atoms. The number of rotatable bonds is 4. The number of anilines is 2. The van der Waals surface area contributed by atoms with Crippen LogP contribution >= 0.6 is 0 Å². The second-order valence-corrected chi connectivity index (χ2v) is 7.95. The monoisotopic (exact) mass is 441 g/mol. The van der Waals surface area contributed by atoms with Gasteiger partial charge < -0.3 is 10.6 Å². The van der Waals surface area contributed by atoms with Gasteiger partial charge in [-0.3, -0.25) is 4.79 Å². The Morgan fingerprint density at radius 3 is 2.53 bits per heavy atom. The van der Waals surface area contributed by atoms with Gasteiger partial charge in [0.1, 0.15) is 12.4 Å². The molecule has 1 unspecified atom stereocenters. The van der Waals surface area contributed by atoms with Crippen molar-refractivity contribution in [2.45, 2.75) is 38.9 Å². The highest BCUT2D eigenvalue weighted by molar-refractivity contribution is 6.06. The van der Waals surface area contributed by atoms with E-state index < -0.39 is 23.7 Å². The summed E-state index contributed by atoms with van der Waals surface area (Å²) in [5, 5.41) is 9.93. The fraction of sp³-hybridized carbons (Fsp3) is 0.261. The number of aromatic nitrogens is 3. The van der Waals surface area contributed by atoms with Gasteiger partial charge in [0, 0.05) is 11.4 Å². The highest BCUT2D eigenvalue weighted by Gasteiger charge is 2.34. The number of allylic oxidation sites excluding steroid dienone is 1. The van der Waals surface area contributed by atoms with Gasteiger partial charge in [-0.2, -0.15) is 23.3 Å². The topological polar surface area (TPSA) is 71.8 Å². The number of amides is 1. The Balaban J connectivity index is 1.71. The fourth-order valence-corrected chi connectivity index (χ4v) is 3.73. The maximum absolute atomic E-state index is 13.3. The molecule has 32 heavy (non-hydrogen) atoms. The summed E-state index contributed by atoms with van der Waals surface area (Å²) >= 11 is 0. The van der Waals surface area contributed by atoms with Crippen LogP contribution in [0.1, 0.15) is 49.4 Å². The van der Waals surface area contributed by atoms with Crippen LogP contribution in [0.25, 0.3) is 0 Å². The molecule has 1 amide bonds. The minimum absolute atomic E-state index is 0.0587. The van der Waals surface area contributed by atoms with Gasteiger partial charge in [0.2, 0.25) is 5.95 Å². The lowest BCUT2D eigenvalue weighted by atomic mass is 9.92. The predicted molar refractivity (Wildman–Crippen MR) is 115 cm³/mol. The summed E-state index contributed by atoms with van der Waals surface area (Å²) in [5.41, 5.74) is 2.09. The van der Waals surface area contributed by atoms with Crippen molar-refractivity contribution in [3.05, 3.63) is 82.8 Å². The van der Waals surface area contributed by atoms with E-state index in [-0.39, 0.29) is 5.69 Å². The van der Waals surface area contributed by atoms with Gasteiger partial charge in [0.15, 0.2) is 0 Å². The van der Waals surface area contributed by atoms with Crippen LogP contribution in [0, 0.1) is 0 Å². The number of carbonyl (C=O) groups excluding carboxylic acids is 1. The predicted octanol–water partition coefficient (Wildman–Crippen LogP) is 5.35. The van der Waals surface area contributed by atoms with Crippen molar-refractivity contribution in [3.63, 3.8) is 0 Å². The number of carbonyl (C=O) groups is 1. The summed E-state index contributed by atoms with van der Waals surface area (Å²) in [6, 6.07) is 11.8. The van der Waals surface area contributed by atoms with E-state index in [1.54, 1.807) is 11.6 Å². The van der Waals surface area contributed by atoms with Crippen LogP contribution in [0.2, 0.25) is 0 Å². The highest BCUT2D eigenvalue weighted by Crippen LogP contribution is 2.36. The molecule has 4 rings (SSSR count). The molecule has 6 nitrogen and oxygen atoms in total. The molecule has 9 heteroatoms. The lowest BCUT2D eigenvalue weighted by Crippen LogP contribution is -2.31. The Kier molecular flexibility index (Phi) is 5.50. The molecule has 166 valence electrons. The SMILES string of the molecule is CC1=C(C(=O)Nc2cccc(C(F)(F)F)c2)C(c2ccc(C(C)C)cc2)n2ncnc2N1. The van der Waals surface area contributed by atoms with Crippen LogP contribution in [0.3, 0.4) is 0 Å². The van der Waals surface area contributed by atoms with Crippen LogP contribution in [-0.2, 0) is 11.0 Å². The second-order valence-electron chi connectivity index (χ2n) is 7.95. The van der Waals surface area contributed by atoms with Gasteiger partial charge >= 0.3 is 6.18 Å². The van der Waals surface area contributed by atoms with E-state index in [1.165, 1.54) is 18.5 Å². The van der Waals surface area contributed by atoms with Crippen LogP contribution in [0.15, 0.2) is 66.1 Å². The largest absolute Gasteiger partial charge is 0.416 e. The van der Waals surface area contributed by atoms with E-state index in [0.717, 1.165) is 23.3 Å². The first-order valence-electron chi connectivity index (χ1n) is 10.1. The van der Waals surface area contributed by atoms with Crippen LogP contribution in [0.5, 0.6) is 0 Å². The summed E-state index contributed by atoms with van der Waals surface area (Å²) in [4.78, 5) is 17.5. The average molecular weight is 441 g/mol. The Bertz CT molecular complexity index is 1180. The maximum atomic E-state index is 13.3. The minimum Gasteiger partial charge on any atom is -0.328 e. The Hall–Kier alpha value is -3.62. The molecular weight excluding hydrogens is 419 g/mol. The standard InChI is InChI=1S/C23H22F3N5O/c1-13(2)15-7-9-16(10-8-15)20-19(14(3)29-22-27-12-28-31(20)22)21(32)30-18-6-4-5-17(11-18)23(24,25)26/h4-13,20H,1-3H3,(H,30,32)(H,27,28,29). The molecule has 0 aliphatic carbocycles. The molecular formula is C23H22F3N5O. The van der Waals surface area contributed by atoms with Gasteiger partial charge in [-0.15, -0.1) is 0 Å². The van der Waals surface area contributed by atoms with E-state index in [9.17, 15) is 18.0 Å². The number of nitrogens with one attached hydrogen (secondary N) is 2. The first-order chi connectivity index (χ1) is 15.1. The van der Waals surface area contributed by atoms with Crippen molar-refractivity contribution < 1.29 is 18.0 Å². The summed E-state index contributed by atoms with van der Waals surface area (Å²) in [6.45, 7) is 5.91. The number of hydrogen-bond acceptors (Lipinski definition) is 4. The van der Waals surface area contributed by atoms with Gasteiger partial charge in [-0.05, 0) is 42.2 Å². The molecule has 0 saturated carbocycles. The lowest BCUT2D eigenvalue weighted by Gasteiger charge is -2.29. The lowest BCUT2D eigenvalue weighted by molar-refractivity contribution is -0.137. The molecule has 0 saturated heterocycles. The summed E-state index contributed by atoms with van der Waals surface area (Å²) in [6.07, 6.45) is -3.11. The molecule has 0 bridgehead atoms. The maximum Gasteiger partial charge on any atom is 0.416 e. The Morgan fingerprint density at radius 1 is 1.16 bits per heavy atom.